The van der Waals surface area contributed by atoms with Gasteiger partial charge in [0.05, 0.1) is 121 Å². The molecule has 17 atom stereocenters. The zero-order valence-electron chi connectivity index (χ0n) is 78.9. The number of aliphatic hydroxyl groups is 1. The number of amides is 14. The fourth-order valence-electron chi connectivity index (χ4n) is 15.3. The van der Waals surface area contributed by atoms with Crippen LogP contribution in [0.25, 0.3) is 0 Å². The van der Waals surface area contributed by atoms with E-state index >= 15 is 0 Å². The van der Waals surface area contributed by atoms with Crippen molar-refractivity contribution in [1.29, 1.82) is 0 Å². The number of hydrogen-bond acceptors (Lipinski definition) is 29. The number of phosphoric acid groups is 1. The molecule has 14 amide bonds. The van der Waals surface area contributed by atoms with Crippen LogP contribution in [0.4, 0.5) is 10.5 Å². The molecule has 2 fully saturated rings. The fourth-order valence-corrected chi connectivity index (χ4v) is 16.8. The summed E-state index contributed by atoms with van der Waals surface area (Å²) >= 11 is 0. The topological polar surface area (TPSA) is 611 Å². The number of methoxy groups -OCH3 is 2. The summed E-state index contributed by atoms with van der Waals surface area (Å²) in [6.45, 7) is 16.7. The second-order valence-electron chi connectivity index (χ2n) is 34.1. The number of imide groups is 1. The van der Waals surface area contributed by atoms with E-state index in [-0.39, 0.29) is 133 Å². The molecule has 2 aromatic rings. The summed E-state index contributed by atoms with van der Waals surface area (Å²) in [7, 11) is -1.29. The molecule has 3 aliphatic heterocycles. The van der Waals surface area contributed by atoms with Crippen molar-refractivity contribution in [3.8, 4) is 0 Å². The maximum atomic E-state index is 14.7. The normalized spacial score (nSPS) is 18.4. The van der Waals surface area contributed by atoms with Crippen molar-refractivity contribution in [3.63, 3.8) is 0 Å². The van der Waals surface area contributed by atoms with Crippen LogP contribution in [-0.4, -0.2) is 334 Å². The molecule has 0 aromatic heterocycles. The molecule has 15 N–H and O–H groups in total. The lowest BCUT2D eigenvalue weighted by atomic mass is 9.89. The number of anilines is 1. The molecule has 0 aliphatic carbocycles. The Balaban J connectivity index is 1.15. The molecule has 0 spiro atoms. The van der Waals surface area contributed by atoms with Gasteiger partial charge in [-0.05, 0) is 93.6 Å². The highest BCUT2D eigenvalue weighted by molar-refractivity contribution is 7.51. The van der Waals surface area contributed by atoms with Gasteiger partial charge in [-0.25, -0.2) is 14.2 Å². The zero-order valence-corrected chi connectivity index (χ0v) is 80.7. The number of aliphatic hydroxyl groups excluding tert-OH is 1. The number of phosphoric ester groups is 1. The Morgan fingerprint density at radius 3 is 1.79 bits per heavy atom. The third-order valence-corrected chi connectivity index (χ3v) is 24.3. The number of carbonyl (C=O) groups is 15. The van der Waals surface area contributed by atoms with E-state index < -0.39 is 222 Å². The first-order valence-electron chi connectivity index (χ1n) is 44.7. The standard InChI is InChI=1S/C87H138N14O31P2/c1-16-54(8)75(99(13)85(115)73(52(4)5)97-84(114)74(53(6)7)98(11)12)65(123-14)47-70(107)100-36-21-25-62(100)76(124-15)55(9)79(109)92-56(10)77(58-22-18-17-19-23-58)132-134(121,122)130-49-57-26-28-59(29-27-57)93-80(110)60(24-20-34-90-87(88)117)95-83(113)72(51(2)3)96-81(111)61(46-71(108)131-78-64(102)50-129-86(78)116)94-67(104)32-37-125-39-41-127-43-44-128-42-40-126-38-35-89-82(112)63(101-68(105)30-31-69(101)106)48-91-66(103)33-45-133(118,119)120/h17-19,22-23,26-31,51-56,60-65,72-78,102H,16,20-21,24-25,32-50H2,1-15H3,(H,89,112)(H,91,103)(H,92,109)(H,93,110)(H,94,104)(H,95,113)(H,96,111)(H,97,114)(H,121,122)(H3,88,90,117)(H2,118,119,120)/t54-,55+,56+,60-,61-,62-,63-,64?,65+,72-,73-,74-,75-,76+,77+,78?/m0/s1. The number of likely N-dealkylation sites (tertiary alicyclic amines) is 1. The number of esters is 2. The van der Waals surface area contributed by atoms with Crippen molar-refractivity contribution in [3.05, 3.63) is 77.9 Å². The summed E-state index contributed by atoms with van der Waals surface area (Å²) in [5, 5.41) is 33.7. The molecule has 3 unspecified atom stereocenters. The van der Waals surface area contributed by atoms with Crippen molar-refractivity contribution < 1.29 is 148 Å². The number of nitrogens with one attached hydrogen (secondary N) is 9. The SMILES string of the molecule is CC[C@H](C)[C@@H]([C@@H](CC(=O)N1CCC[C@H]1[C@H](OC)[C@@H](C)C(=O)N[C@H](C)[C@@H](OP(=O)(O)OCc1ccc(NC(=O)[C@H](CCCNC(N)=O)NC(=O)[C@@H](NC(=O)[C@H](CC(=O)OC2C(=O)OCC2O)NC(=O)CCOCCOCCOCCOCCNC(=O)[C@H](CNC(=O)CCP(=O)(O)O)N2C(=O)C=CC2=O)C(C)C)cc1)c1ccccc1)OC)N(C)C(=O)[C@@H](NC(=O)[C@H](C(C)C)N(C)C)C(C)C. The highest BCUT2D eigenvalue weighted by atomic mass is 31.2. The monoisotopic (exact) mass is 1940 g/mol. The van der Waals surface area contributed by atoms with E-state index in [1.54, 1.807) is 74.9 Å². The zero-order chi connectivity index (χ0) is 99.9. The van der Waals surface area contributed by atoms with Gasteiger partial charge in [0.1, 0.15) is 49.0 Å². The third kappa shape index (κ3) is 38.0. The number of nitrogens with zero attached hydrogens (tertiary/aromatic N) is 4. The number of cyclic esters (lactones) is 1. The number of nitrogens with two attached hydrogens (primary N) is 1. The molecular formula is C87H138N14O31P2. The van der Waals surface area contributed by atoms with Crippen molar-refractivity contribution in [2.24, 2.45) is 35.3 Å². The summed E-state index contributed by atoms with van der Waals surface area (Å²) in [4.78, 5) is 236. The maximum absolute atomic E-state index is 14.7. The Hall–Kier alpha value is -9.83. The van der Waals surface area contributed by atoms with E-state index in [4.69, 9.17) is 62.5 Å². The predicted molar refractivity (Wildman–Crippen MR) is 482 cm³/mol. The molecule has 0 bridgehead atoms. The minimum absolute atomic E-state index is 0.0211. The Kier molecular flexibility index (Phi) is 49.0. The predicted octanol–water partition coefficient (Wildman–Crippen LogP) is 0.481. The van der Waals surface area contributed by atoms with Crippen LogP contribution in [0.5, 0.6) is 0 Å². The van der Waals surface area contributed by atoms with Crippen LogP contribution in [-0.2, 0) is 130 Å². The molecule has 0 saturated carbocycles. The Bertz CT molecular complexity index is 4310. The first kappa shape index (κ1) is 115. The molecule has 5 rings (SSSR count). The number of ether oxygens (including phenoxy) is 8. The summed E-state index contributed by atoms with van der Waals surface area (Å²) in [6, 6.07) is 3.60. The molecule has 0 radical (unpaired) electrons. The van der Waals surface area contributed by atoms with Crippen LogP contribution in [0.15, 0.2) is 66.7 Å². The minimum atomic E-state index is -5.03. The van der Waals surface area contributed by atoms with E-state index in [0.717, 1.165) is 12.2 Å². The lowest BCUT2D eigenvalue weighted by Crippen LogP contribution is -2.59. The van der Waals surface area contributed by atoms with Crippen LogP contribution in [0.2, 0.25) is 0 Å². The van der Waals surface area contributed by atoms with E-state index in [9.17, 15) is 91.0 Å². The molecule has 2 aromatic carbocycles. The van der Waals surface area contributed by atoms with Gasteiger partial charge in [-0.1, -0.05) is 111 Å². The van der Waals surface area contributed by atoms with Crippen LogP contribution in [0.3, 0.4) is 0 Å². The summed E-state index contributed by atoms with van der Waals surface area (Å²) < 4.78 is 80.7. The van der Waals surface area contributed by atoms with Crippen LogP contribution >= 0.6 is 15.4 Å². The van der Waals surface area contributed by atoms with Gasteiger partial charge in [0.25, 0.3) is 11.8 Å². The van der Waals surface area contributed by atoms with Crippen LogP contribution in [0.1, 0.15) is 144 Å². The van der Waals surface area contributed by atoms with Crippen molar-refractivity contribution in [2.45, 2.75) is 219 Å². The lowest BCUT2D eigenvalue weighted by molar-refractivity contribution is -0.163. The molecule has 47 heteroatoms. The van der Waals surface area contributed by atoms with Crippen LogP contribution in [0, 0.1) is 29.6 Å². The Morgan fingerprint density at radius 1 is 0.634 bits per heavy atom. The van der Waals surface area contributed by atoms with Gasteiger partial charge in [-0.3, -0.25) is 85.7 Å². The van der Waals surface area contributed by atoms with E-state index in [1.807, 2.05) is 60.5 Å². The Labute approximate surface area is 780 Å². The molecular weight excluding hydrogens is 1800 g/mol. The largest absolute Gasteiger partial charge is 0.473 e. The highest BCUT2D eigenvalue weighted by Gasteiger charge is 2.46. The number of carbonyl (C=O) groups excluding carboxylic acids is 15. The third-order valence-electron chi connectivity index (χ3n) is 22.6. The smallest absolute Gasteiger partial charge is 0.460 e. The maximum Gasteiger partial charge on any atom is 0.473 e. The van der Waals surface area contributed by atoms with Crippen molar-refractivity contribution >= 4 is 110 Å². The average molecular weight is 1940 g/mol. The summed E-state index contributed by atoms with van der Waals surface area (Å²) in [5.41, 5.74) is 6.16. The summed E-state index contributed by atoms with van der Waals surface area (Å²) in [6.07, 6.45) is -5.43. The van der Waals surface area contributed by atoms with Gasteiger partial charge in [0, 0.05) is 78.1 Å². The van der Waals surface area contributed by atoms with E-state index in [0.29, 0.717) is 41.8 Å². The average Bonchev–Trinajstić information content (AvgIpc) is 1.64. The number of urea groups is 1. The first-order valence-corrected chi connectivity index (χ1v) is 48.0. The van der Waals surface area contributed by atoms with Gasteiger partial charge in [0.2, 0.25) is 65.2 Å². The fraction of sp³-hybridized carbons (Fsp3) is 0.667. The molecule has 3 aliphatic rings. The van der Waals surface area contributed by atoms with Crippen LogP contribution < -0.4 is 53.6 Å². The van der Waals surface area contributed by atoms with Gasteiger partial charge >= 0.3 is 33.4 Å². The highest BCUT2D eigenvalue weighted by Crippen LogP contribution is 2.50. The first-order chi connectivity index (χ1) is 63.2. The molecule has 2 saturated heterocycles. The number of primary amides is 1. The van der Waals surface area contributed by atoms with Gasteiger partial charge in [-0.15, -0.1) is 0 Å². The van der Waals surface area contributed by atoms with E-state index in [1.165, 1.54) is 38.5 Å². The number of likely N-dealkylation sites (N-methyl/N-ethyl adjacent to an activating group) is 2. The second-order valence-corrected chi connectivity index (χ2v) is 37.3. The second kappa shape index (κ2) is 57.3. The van der Waals surface area contributed by atoms with Crippen molar-refractivity contribution in [1.82, 2.24) is 62.1 Å². The number of rotatable bonds is 62. The van der Waals surface area contributed by atoms with Crippen molar-refractivity contribution in [2.75, 3.05) is 132 Å². The lowest BCUT2D eigenvalue weighted by Gasteiger charge is -2.41. The Morgan fingerprint density at radius 2 is 1.24 bits per heavy atom. The molecule has 752 valence electrons. The van der Waals surface area contributed by atoms with Gasteiger partial charge in [-0.2, -0.15) is 0 Å². The van der Waals surface area contributed by atoms with Gasteiger partial charge < -0.3 is 121 Å². The quantitative estimate of drug-likeness (QED) is 0.0185. The van der Waals surface area contributed by atoms with Gasteiger partial charge in [0.15, 0.2) is 0 Å². The number of benzene rings is 2. The minimum Gasteiger partial charge on any atom is -0.460 e. The molecule has 134 heavy (non-hydrogen) atoms. The molecule has 45 nitrogen and oxygen atoms in total. The number of hydrogen-bond donors (Lipinski definition) is 14. The summed E-state index contributed by atoms with van der Waals surface area (Å²) in [5.74, 6) is -12.7. The van der Waals surface area contributed by atoms with E-state index in [2.05, 4.69) is 47.9 Å². The molecule has 3 heterocycles.